The van der Waals surface area contributed by atoms with Crippen molar-refractivity contribution >= 4 is 11.7 Å². The van der Waals surface area contributed by atoms with Crippen molar-refractivity contribution < 1.29 is 9.90 Å². The van der Waals surface area contributed by atoms with Crippen molar-refractivity contribution in [3.63, 3.8) is 0 Å². The third-order valence-electron chi connectivity index (χ3n) is 3.81. The van der Waals surface area contributed by atoms with Crippen LogP contribution in [-0.4, -0.2) is 37.2 Å². The average Bonchev–Trinajstić information content (AvgIpc) is 3.15. The van der Waals surface area contributed by atoms with E-state index in [-0.39, 0.29) is 12.5 Å². The first-order valence-electron chi connectivity index (χ1n) is 7.64. The molecule has 124 valence electrons. The van der Waals surface area contributed by atoms with E-state index in [4.69, 9.17) is 0 Å². The van der Waals surface area contributed by atoms with Crippen LogP contribution < -0.4 is 5.32 Å². The smallest absolute Gasteiger partial charge is 0.275 e. The summed E-state index contributed by atoms with van der Waals surface area (Å²) in [5.74, 6) is 0.263. The molecule has 0 saturated carbocycles. The Morgan fingerprint density at radius 2 is 2.08 bits per heavy atom. The van der Waals surface area contributed by atoms with Gasteiger partial charge in [-0.2, -0.15) is 10.2 Å². The van der Waals surface area contributed by atoms with Gasteiger partial charge >= 0.3 is 0 Å². The molecule has 7 heteroatoms. The minimum Gasteiger partial charge on any atom is -0.394 e. The first-order chi connectivity index (χ1) is 11.6. The molecule has 0 bridgehead atoms. The average molecular weight is 325 g/mol. The number of aliphatic hydroxyl groups is 1. The summed E-state index contributed by atoms with van der Waals surface area (Å²) in [6.45, 7) is 2.24. The van der Waals surface area contributed by atoms with Crippen molar-refractivity contribution in [2.24, 2.45) is 7.05 Å². The lowest BCUT2D eigenvalue weighted by molar-refractivity contribution is 0.101. The van der Waals surface area contributed by atoms with Gasteiger partial charge in [0.05, 0.1) is 18.8 Å². The second-order valence-corrected chi connectivity index (χ2v) is 5.47. The highest BCUT2D eigenvalue weighted by Gasteiger charge is 2.16. The summed E-state index contributed by atoms with van der Waals surface area (Å²) in [5.41, 5.74) is 3.28. The minimum absolute atomic E-state index is 0.0660. The number of nitrogens with zero attached hydrogens (tertiary/aromatic N) is 4. The lowest BCUT2D eigenvalue weighted by Crippen LogP contribution is -2.19. The van der Waals surface area contributed by atoms with Gasteiger partial charge < -0.3 is 10.4 Å². The maximum Gasteiger partial charge on any atom is 0.275 e. The van der Waals surface area contributed by atoms with E-state index in [9.17, 15) is 9.90 Å². The highest BCUT2D eigenvalue weighted by molar-refractivity contribution is 6.02. The van der Waals surface area contributed by atoms with Gasteiger partial charge in [-0.05, 0) is 18.6 Å². The van der Waals surface area contributed by atoms with Gasteiger partial charge in [0.15, 0.2) is 0 Å². The summed E-state index contributed by atoms with van der Waals surface area (Å²) < 4.78 is 3.10. The number of carbonyl (C=O) groups is 1. The normalized spacial score (nSPS) is 10.8. The summed E-state index contributed by atoms with van der Waals surface area (Å²) in [6.07, 6.45) is 1.57. The number of benzene rings is 1. The Balaban J connectivity index is 1.94. The highest BCUT2D eigenvalue weighted by atomic mass is 16.3. The predicted molar refractivity (Wildman–Crippen MR) is 90.6 cm³/mol. The molecule has 7 nitrogen and oxygen atoms in total. The molecule has 2 N–H and O–H groups in total. The Morgan fingerprint density at radius 1 is 1.29 bits per heavy atom. The molecule has 0 aliphatic carbocycles. The molecule has 2 heterocycles. The van der Waals surface area contributed by atoms with E-state index in [2.05, 4.69) is 15.5 Å². The zero-order valence-electron chi connectivity index (χ0n) is 13.6. The number of aryl methyl sites for hydroxylation is 2. The van der Waals surface area contributed by atoms with Crippen molar-refractivity contribution in [2.75, 3.05) is 11.9 Å². The lowest BCUT2D eigenvalue weighted by atomic mass is 10.1. The molecule has 1 amide bonds. The largest absolute Gasteiger partial charge is 0.394 e. The number of rotatable bonds is 5. The van der Waals surface area contributed by atoms with Gasteiger partial charge in [0.2, 0.25) is 0 Å². The van der Waals surface area contributed by atoms with Gasteiger partial charge in [-0.3, -0.25) is 9.48 Å². The first kappa shape index (κ1) is 15.9. The third kappa shape index (κ3) is 3.07. The van der Waals surface area contributed by atoms with Crippen LogP contribution in [0.1, 0.15) is 16.1 Å². The molecule has 3 aromatic rings. The fourth-order valence-corrected chi connectivity index (χ4v) is 2.55. The number of amides is 1. The third-order valence-corrected chi connectivity index (χ3v) is 3.81. The summed E-state index contributed by atoms with van der Waals surface area (Å²) in [5, 5.41) is 20.6. The van der Waals surface area contributed by atoms with Crippen molar-refractivity contribution in [3.05, 3.63) is 53.9 Å². The molecule has 0 aliphatic heterocycles. The van der Waals surface area contributed by atoms with E-state index >= 15 is 0 Å². The Hall–Kier alpha value is -2.93. The van der Waals surface area contributed by atoms with Gasteiger partial charge in [0.25, 0.3) is 5.91 Å². The fourth-order valence-electron chi connectivity index (χ4n) is 2.55. The van der Waals surface area contributed by atoms with Crippen LogP contribution in [0.2, 0.25) is 0 Å². The molecule has 0 fully saturated rings. The highest BCUT2D eigenvalue weighted by Crippen LogP contribution is 2.25. The SMILES string of the molecule is Cc1ccccc1-c1cc(NC(=O)c2ccnn2C)n(CCO)n1. The molecule has 0 radical (unpaired) electrons. The number of carbonyl (C=O) groups excluding carboxylic acids is 1. The molecule has 0 saturated heterocycles. The van der Waals surface area contributed by atoms with Crippen LogP contribution >= 0.6 is 0 Å². The first-order valence-corrected chi connectivity index (χ1v) is 7.64. The van der Waals surface area contributed by atoms with E-state index < -0.39 is 0 Å². The van der Waals surface area contributed by atoms with Crippen molar-refractivity contribution in [1.29, 1.82) is 0 Å². The van der Waals surface area contributed by atoms with E-state index in [1.54, 1.807) is 24.0 Å². The van der Waals surface area contributed by atoms with Gasteiger partial charge in [0.1, 0.15) is 11.5 Å². The van der Waals surface area contributed by atoms with Crippen LogP contribution in [-0.2, 0) is 13.6 Å². The Kier molecular flexibility index (Phi) is 4.43. The molecule has 0 aliphatic rings. The van der Waals surface area contributed by atoms with E-state index in [1.165, 1.54) is 4.68 Å². The number of hydrogen-bond acceptors (Lipinski definition) is 4. The molecule has 0 atom stereocenters. The van der Waals surface area contributed by atoms with Crippen molar-refractivity contribution in [2.45, 2.75) is 13.5 Å². The van der Waals surface area contributed by atoms with E-state index in [0.717, 1.165) is 16.8 Å². The van der Waals surface area contributed by atoms with Crippen LogP contribution in [0.4, 0.5) is 5.82 Å². The topological polar surface area (TPSA) is 85.0 Å². The molecule has 3 rings (SSSR count). The predicted octanol–water partition coefficient (Wildman–Crippen LogP) is 1.84. The molecule has 0 unspecified atom stereocenters. The lowest BCUT2D eigenvalue weighted by Gasteiger charge is -2.07. The molecule has 1 aromatic carbocycles. The monoisotopic (exact) mass is 325 g/mol. The van der Waals surface area contributed by atoms with Crippen LogP contribution in [0.5, 0.6) is 0 Å². The number of anilines is 1. The Labute approximate surface area is 139 Å². The molecular formula is C17H19N5O2. The summed E-state index contributed by atoms with van der Waals surface area (Å²) in [7, 11) is 1.71. The van der Waals surface area contributed by atoms with E-state index in [1.807, 2.05) is 37.3 Å². The van der Waals surface area contributed by atoms with Gasteiger partial charge in [-0.1, -0.05) is 24.3 Å². The number of aliphatic hydroxyl groups excluding tert-OH is 1. The molecule has 24 heavy (non-hydrogen) atoms. The van der Waals surface area contributed by atoms with Gasteiger partial charge in [-0.25, -0.2) is 4.68 Å². The number of nitrogens with one attached hydrogen (secondary N) is 1. The van der Waals surface area contributed by atoms with Gasteiger partial charge in [0, 0.05) is 24.9 Å². The zero-order valence-corrected chi connectivity index (χ0v) is 13.6. The number of hydrogen-bond donors (Lipinski definition) is 2. The zero-order chi connectivity index (χ0) is 17.1. The quantitative estimate of drug-likeness (QED) is 0.749. The van der Waals surface area contributed by atoms with Crippen LogP contribution in [0.25, 0.3) is 11.3 Å². The molecular weight excluding hydrogens is 306 g/mol. The maximum atomic E-state index is 12.4. The van der Waals surface area contributed by atoms with Crippen molar-refractivity contribution in [3.8, 4) is 11.3 Å². The minimum atomic E-state index is -0.273. The van der Waals surface area contributed by atoms with Crippen molar-refractivity contribution in [1.82, 2.24) is 19.6 Å². The maximum absolute atomic E-state index is 12.4. The number of aromatic nitrogens is 4. The molecule has 2 aromatic heterocycles. The van der Waals surface area contributed by atoms with Crippen LogP contribution in [0, 0.1) is 6.92 Å². The van der Waals surface area contributed by atoms with E-state index in [0.29, 0.717) is 18.1 Å². The fraction of sp³-hybridized carbons (Fsp3) is 0.235. The second-order valence-electron chi connectivity index (χ2n) is 5.47. The summed E-state index contributed by atoms with van der Waals surface area (Å²) in [4.78, 5) is 12.4. The van der Waals surface area contributed by atoms with Gasteiger partial charge in [-0.15, -0.1) is 0 Å². The van der Waals surface area contributed by atoms with Crippen LogP contribution in [0.15, 0.2) is 42.6 Å². The second kappa shape index (κ2) is 6.67. The Bertz CT molecular complexity index is 866. The summed E-state index contributed by atoms with van der Waals surface area (Å²) in [6, 6.07) is 11.4. The standard InChI is InChI=1S/C17H19N5O2/c1-12-5-3-4-6-13(12)14-11-16(22(20-14)9-10-23)19-17(24)15-7-8-18-21(15)2/h3-8,11,23H,9-10H2,1-2H3,(H,19,24). The summed E-state index contributed by atoms with van der Waals surface area (Å²) >= 11 is 0. The van der Waals surface area contributed by atoms with Crippen LogP contribution in [0.3, 0.4) is 0 Å². The Morgan fingerprint density at radius 3 is 2.75 bits per heavy atom. The molecule has 0 spiro atoms.